The second kappa shape index (κ2) is 11.0. The maximum Gasteiger partial charge on any atom is 0.240 e. The predicted octanol–water partition coefficient (Wildman–Crippen LogP) is 3.99. The number of amides is 1. The van der Waals surface area contributed by atoms with E-state index in [1.807, 2.05) is 79.1 Å². The van der Waals surface area contributed by atoms with E-state index in [2.05, 4.69) is 22.4 Å². The number of rotatable bonds is 8. The molecule has 1 saturated heterocycles. The van der Waals surface area contributed by atoms with E-state index in [4.69, 9.17) is 9.83 Å². The van der Waals surface area contributed by atoms with Gasteiger partial charge in [0.05, 0.1) is 34.3 Å². The van der Waals surface area contributed by atoms with Crippen molar-refractivity contribution in [3.05, 3.63) is 46.5 Å². The summed E-state index contributed by atoms with van der Waals surface area (Å²) in [6.45, 7) is 20.4. The monoisotopic (exact) mass is 515 g/mol. The highest BCUT2D eigenvalue weighted by Gasteiger charge is 2.46. The quantitative estimate of drug-likeness (QED) is 0.453. The zero-order valence-corrected chi connectivity index (χ0v) is 23.6. The van der Waals surface area contributed by atoms with E-state index < -0.39 is 23.9 Å². The molecule has 1 aromatic rings. The molecule has 0 saturated carbocycles. The summed E-state index contributed by atoms with van der Waals surface area (Å²) in [7, 11) is 0. The molecular weight excluding hydrogens is 474 g/mol. The third-order valence-corrected chi connectivity index (χ3v) is 7.53. The molecule has 3 heterocycles. The van der Waals surface area contributed by atoms with E-state index in [0.717, 1.165) is 21.7 Å². The number of amidine groups is 1. The standard InChI is InChI=1S/C27H41N5O3S/c1-10-19(12-11-17(4)22-18(5)28-15-36-22)27(9)30-24(31-35-27)21-13-20(33)14-32(21)25(34)23(26(6,7)8)29-16(2)3/h10-12,15-16,20-21,23,29,33H,4,13-14H2,1-3,5-9H3,(H,30,31)/b12-11-,19-10+/t20-,21+,23-,27?/m1/s1. The molecule has 1 fully saturated rings. The molecular formula is C27H41N5O3S. The first-order chi connectivity index (χ1) is 16.8. The van der Waals surface area contributed by atoms with Crippen molar-refractivity contribution in [2.75, 3.05) is 6.54 Å². The van der Waals surface area contributed by atoms with E-state index in [1.54, 1.807) is 16.2 Å². The van der Waals surface area contributed by atoms with Gasteiger partial charge < -0.3 is 15.3 Å². The fraction of sp³-hybridized carbons (Fsp3) is 0.593. The van der Waals surface area contributed by atoms with E-state index in [0.29, 0.717) is 12.3 Å². The fourth-order valence-corrected chi connectivity index (χ4v) is 5.35. The maximum absolute atomic E-state index is 13.7. The molecule has 4 atom stereocenters. The molecule has 0 bridgehead atoms. The molecule has 0 aliphatic carbocycles. The zero-order valence-electron chi connectivity index (χ0n) is 22.8. The molecule has 2 aliphatic rings. The summed E-state index contributed by atoms with van der Waals surface area (Å²) in [5.74, 6) is 0.503. The largest absolute Gasteiger partial charge is 0.391 e. The van der Waals surface area contributed by atoms with Crippen molar-refractivity contribution in [1.29, 1.82) is 0 Å². The lowest BCUT2D eigenvalue weighted by atomic mass is 9.85. The van der Waals surface area contributed by atoms with E-state index in [-0.39, 0.29) is 23.9 Å². The van der Waals surface area contributed by atoms with Crippen LogP contribution < -0.4 is 10.8 Å². The Kier molecular flexibility index (Phi) is 8.60. The maximum atomic E-state index is 13.7. The van der Waals surface area contributed by atoms with Crippen molar-refractivity contribution in [3.8, 4) is 0 Å². The van der Waals surface area contributed by atoms with Gasteiger partial charge in [0.2, 0.25) is 11.6 Å². The SMILES string of the molecule is C=C(/C=C\C(=C/C)C1(C)N=C([C@@H]2C[C@@H](O)CN2C(=O)[C@@H](NC(C)C)C(C)(C)C)NO1)c1scnc1C. The second-order valence-corrected chi connectivity index (χ2v) is 11.9. The highest BCUT2D eigenvalue weighted by Crippen LogP contribution is 2.33. The third-order valence-electron chi connectivity index (χ3n) is 6.53. The molecule has 1 aromatic heterocycles. The van der Waals surface area contributed by atoms with Crippen molar-refractivity contribution in [3.63, 3.8) is 0 Å². The van der Waals surface area contributed by atoms with Crippen LogP contribution in [-0.2, 0) is 9.63 Å². The Morgan fingerprint density at radius 1 is 1.42 bits per heavy atom. The molecule has 8 nitrogen and oxygen atoms in total. The van der Waals surface area contributed by atoms with Crippen molar-refractivity contribution < 1.29 is 14.7 Å². The van der Waals surface area contributed by atoms with E-state index >= 15 is 0 Å². The van der Waals surface area contributed by atoms with Crippen molar-refractivity contribution >= 4 is 28.7 Å². The van der Waals surface area contributed by atoms with E-state index in [1.165, 1.54) is 0 Å². The van der Waals surface area contributed by atoms with Crippen LogP contribution >= 0.6 is 11.3 Å². The molecule has 0 aromatic carbocycles. The van der Waals surface area contributed by atoms with Crippen LogP contribution in [-0.4, -0.2) is 63.2 Å². The van der Waals surface area contributed by atoms with Crippen molar-refractivity contribution in [2.24, 2.45) is 10.4 Å². The minimum Gasteiger partial charge on any atom is -0.391 e. The molecule has 198 valence electrons. The number of hydrogen-bond donors (Lipinski definition) is 3. The number of likely N-dealkylation sites (tertiary alicyclic amines) is 1. The number of thiazole rings is 1. The number of nitrogens with zero attached hydrogens (tertiary/aromatic N) is 3. The molecule has 3 N–H and O–H groups in total. The number of aliphatic hydroxyl groups excluding tert-OH is 1. The van der Waals surface area contributed by atoms with Crippen LogP contribution in [0.3, 0.4) is 0 Å². The first kappa shape index (κ1) is 28.2. The number of aromatic nitrogens is 1. The lowest BCUT2D eigenvalue weighted by molar-refractivity contribution is -0.136. The molecule has 36 heavy (non-hydrogen) atoms. The van der Waals surface area contributed by atoms with Crippen LogP contribution in [0.25, 0.3) is 5.57 Å². The van der Waals surface area contributed by atoms with Gasteiger partial charge in [-0.15, -0.1) is 11.3 Å². The van der Waals surface area contributed by atoms with Gasteiger partial charge in [0.15, 0.2) is 0 Å². The second-order valence-electron chi connectivity index (χ2n) is 11.1. The van der Waals surface area contributed by atoms with Crippen LogP contribution in [0.15, 0.2) is 40.9 Å². The van der Waals surface area contributed by atoms with Gasteiger partial charge >= 0.3 is 0 Å². The highest BCUT2D eigenvalue weighted by molar-refractivity contribution is 7.11. The normalized spacial score (nSPS) is 26.0. The van der Waals surface area contributed by atoms with E-state index in [9.17, 15) is 9.90 Å². The number of allylic oxidation sites excluding steroid dienone is 3. The van der Waals surface area contributed by atoms with Gasteiger partial charge in [-0.3, -0.25) is 4.79 Å². The summed E-state index contributed by atoms with van der Waals surface area (Å²) in [5.41, 5.74) is 6.18. The van der Waals surface area contributed by atoms with Crippen molar-refractivity contribution in [1.82, 2.24) is 20.7 Å². The average Bonchev–Trinajstić information content (AvgIpc) is 3.49. The molecule has 2 aliphatic heterocycles. The fourth-order valence-electron chi connectivity index (χ4n) is 4.60. The van der Waals surface area contributed by atoms with Gasteiger partial charge in [-0.1, -0.05) is 59.4 Å². The lowest BCUT2D eigenvalue weighted by Crippen LogP contribution is -2.57. The molecule has 0 spiro atoms. The number of nitrogens with one attached hydrogen (secondary N) is 2. The van der Waals surface area contributed by atoms with Crippen LogP contribution in [0.4, 0.5) is 0 Å². The van der Waals surface area contributed by atoms with Crippen LogP contribution in [0.1, 0.15) is 65.5 Å². The van der Waals surface area contributed by atoms with Crippen LogP contribution in [0, 0.1) is 12.3 Å². The smallest absolute Gasteiger partial charge is 0.240 e. The molecule has 3 rings (SSSR count). The lowest BCUT2D eigenvalue weighted by Gasteiger charge is -2.36. The summed E-state index contributed by atoms with van der Waals surface area (Å²) >= 11 is 1.56. The summed E-state index contributed by atoms with van der Waals surface area (Å²) in [6, 6.07) is -0.648. The number of hydrogen-bond acceptors (Lipinski definition) is 8. The minimum atomic E-state index is -0.981. The summed E-state index contributed by atoms with van der Waals surface area (Å²) in [4.78, 5) is 31.6. The number of hydroxylamine groups is 1. The van der Waals surface area contributed by atoms with Crippen LogP contribution in [0.5, 0.6) is 0 Å². The first-order valence-electron chi connectivity index (χ1n) is 12.5. The summed E-state index contributed by atoms with van der Waals surface area (Å²) < 4.78 is 0. The molecule has 1 unspecified atom stereocenters. The molecule has 1 amide bonds. The Morgan fingerprint density at radius 2 is 2.11 bits per heavy atom. The average molecular weight is 516 g/mol. The first-order valence-corrected chi connectivity index (χ1v) is 13.4. The minimum absolute atomic E-state index is 0.0433. The van der Waals surface area contributed by atoms with Gasteiger partial charge in [-0.25, -0.2) is 20.3 Å². The number of β-amino-alcohol motifs (C(OH)–C–C–N with tert-alkyl or cyclic N) is 1. The zero-order chi connectivity index (χ0) is 26.8. The van der Waals surface area contributed by atoms with Gasteiger partial charge in [0.1, 0.15) is 5.84 Å². The number of aryl methyl sites for hydroxylation is 1. The Balaban J connectivity index is 1.84. The van der Waals surface area contributed by atoms with Gasteiger partial charge in [-0.2, -0.15) is 0 Å². The number of aliphatic imine (C=N–C) groups is 1. The van der Waals surface area contributed by atoms with Crippen molar-refractivity contribution in [2.45, 2.75) is 91.8 Å². The van der Waals surface area contributed by atoms with Gasteiger partial charge in [-0.05, 0) is 31.8 Å². The summed E-state index contributed by atoms with van der Waals surface area (Å²) in [6.07, 6.45) is 5.62. The number of aliphatic hydroxyl groups is 1. The Bertz CT molecular complexity index is 1070. The van der Waals surface area contributed by atoms with Gasteiger partial charge in [0.25, 0.3) is 0 Å². The summed E-state index contributed by atoms with van der Waals surface area (Å²) in [5, 5.41) is 13.9. The molecule has 0 radical (unpaired) electrons. The Hall–Kier alpha value is -2.33. The third kappa shape index (κ3) is 6.14. The predicted molar refractivity (Wildman–Crippen MR) is 146 cm³/mol. The number of carbonyl (C=O) groups is 1. The molecule has 9 heteroatoms. The Labute approximate surface area is 219 Å². The number of carbonyl (C=O) groups excluding carboxylic acids is 1. The van der Waals surface area contributed by atoms with Crippen LogP contribution in [0.2, 0.25) is 0 Å². The topological polar surface area (TPSA) is 99.1 Å². The highest BCUT2D eigenvalue weighted by atomic mass is 32.1. The Morgan fingerprint density at radius 3 is 2.67 bits per heavy atom. The van der Waals surface area contributed by atoms with Gasteiger partial charge in [0, 0.05) is 24.6 Å².